The molecule has 2 aromatic rings. The first kappa shape index (κ1) is 15.9. The molecular weight excluding hydrogens is 350 g/mol. The summed E-state index contributed by atoms with van der Waals surface area (Å²) in [5.74, 6) is 0.432. The topological polar surface area (TPSA) is 78.1 Å². The number of methoxy groups -OCH3 is 1. The Labute approximate surface area is 129 Å². The number of hydrogen-bond acceptors (Lipinski definition) is 7. The Morgan fingerprint density at radius 1 is 1.37 bits per heavy atom. The van der Waals surface area contributed by atoms with Gasteiger partial charge in [0.1, 0.15) is 0 Å². The fourth-order valence-corrected chi connectivity index (χ4v) is 2.87. The van der Waals surface area contributed by atoms with Gasteiger partial charge in [0.05, 0.1) is 12.7 Å². The van der Waals surface area contributed by atoms with E-state index in [1.807, 2.05) is 12.1 Å². The normalized spacial score (nSPS) is 9.74. The molecule has 102 valence electrons. The van der Waals surface area contributed by atoms with Crippen molar-refractivity contribution in [1.82, 2.24) is 10.2 Å². The van der Waals surface area contributed by atoms with Crippen LogP contribution in [0.25, 0.3) is 0 Å². The number of rotatable bonds is 4. The number of halogens is 1. The number of nitrogens with two attached hydrogens (primary N) is 1. The molecule has 0 atom stereocenters. The van der Waals surface area contributed by atoms with Crippen LogP contribution in [0.4, 0.5) is 5.13 Å². The molecule has 8 heteroatoms. The fraction of sp³-hybridized carbons (Fsp3) is 0.182. The average Bonchev–Trinajstić information content (AvgIpc) is 2.82. The van der Waals surface area contributed by atoms with E-state index in [1.165, 1.54) is 18.4 Å². The Bertz CT molecular complexity index is 545. The van der Waals surface area contributed by atoms with Crippen molar-refractivity contribution in [2.75, 3.05) is 12.8 Å². The van der Waals surface area contributed by atoms with Crippen molar-refractivity contribution < 1.29 is 9.53 Å². The van der Waals surface area contributed by atoms with Crippen molar-refractivity contribution in [1.29, 1.82) is 0 Å². The Morgan fingerprint density at radius 2 is 2.05 bits per heavy atom. The van der Waals surface area contributed by atoms with Gasteiger partial charge in [-0.3, -0.25) is 0 Å². The first-order valence-corrected chi connectivity index (χ1v) is 6.88. The van der Waals surface area contributed by atoms with Gasteiger partial charge in [-0.05, 0) is 17.7 Å². The second kappa shape index (κ2) is 7.46. The van der Waals surface area contributed by atoms with Crippen LogP contribution in [-0.2, 0) is 10.5 Å². The predicted molar refractivity (Wildman–Crippen MR) is 82.0 cm³/mol. The van der Waals surface area contributed by atoms with E-state index in [0.29, 0.717) is 10.7 Å². The van der Waals surface area contributed by atoms with Crippen molar-refractivity contribution >= 4 is 51.2 Å². The zero-order chi connectivity index (χ0) is 13.0. The summed E-state index contributed by atoms with van der Waals surface area (Å²) in [6.45, 7) is 0. The molecule has 1 aromatic heterocycles. The Hall–Kier alpha value is -1.12. The summed E-state index contributed by atoms with van der Waals surface area (Å²) in [7, 11) is 1.37. The maximum atomic E-state index is 11.2. The highest BCUT2D eigenvalue weighted by Crippen LogP contribution is 2.26. The van der Waals surface area contributed by atoms with E-state index in [4.69, 9.17) is 5.73 Å². The van der Waals surface area contributed by atoms with Gasteiger partial charge in [-0.15, -0.1) is 27.2 Å². The number of ether oxygens (including phenoxy) is 1. The van der Waals surface area contributed by atoms with Gasteiger partial charge in [-0.25, -0.2) is 4.79 Å². The largest absolute Gasteiger partial charge is 0.465 e. The number of hydrogen-bond donors (Lipinski definition) is 1. The summed E-state index contributed by atoms with van der Waals surface area (Å²) in [5.41, 5.74) is 7.14. The molecule has 0 spiro atoms. The highest BCUT2D eigenvalue weighted by atomic mass is 79.9. The number of aromatic nitrogens is 2. The second-order valence-corrected chi connectivity index (χ2v) is 5.61. The van der Waals surface area contributed by atoms with E-state index in [2.05, 4.69) is 14.9 Å². The maximum absolute atomic E-state index is 11.2. The third-order valence-electron chi connectivity index (χ3n) is 2.16. The van der Waals surface area contributed by atoms with Crippen molar-refractivity contribution in [3.8, 4) is 0 Å². The summed E-state index contributed by atoms with van der Waals surface area (Å²) in [4.78, 5) is 11.2. The lowest BCUT2D eigenvalue weighted by molar-refractivity contribution is 0.0600. The standard InChI is InChI=1S/C11H11N3O2S2.BrH/c1-16-9(15)8-4-2-7(3-5-8)6-17-11-14-13-10(12)18-11;/h2-5H,6H2,1H3,(H2,12,13);1H. The molecule has 2 rings (SSSR count). The van der Waals surface area contributed by atoms with E-state index in [1.54, 1.807) is 23.9 Å². The number of nitrogen functional groups attached to an aromatic ring is 1. The van der Waals surface area contributed by atoms with E-state index in [9.17, 15) is 4.79 Å². The molecule has 0 bridgehead atoms. The van der Waals surface area contributed by atoms with Crippen molar-refractivity contribution in [2.24, 2.45) is 0 Å². The van der Waals surface area contributed by atoms with Gasteiger partial charge in [0.25, 0.3) is 0 Å². The van der Waals surface area contributed by atoms with Crippen molar-refractivity contribution in [3.05, 3.63) is 35.4 Å². The lowest BCUT2D eigenvalue weighted by Crippen LogP contribution is -2.00. The first-order chi connectivity index (χ1) is 8.69. The van der Waals surface area contributed by atoms with Crippen LogP contribution < -0.4 is 5.73 Å². The first-order valence-electron chi connectivity index (χ1n) is 5.08. The van der Waals surface area contributed by atoms with Gasteiger partial charge in [0.2, 0.25) is 5.13 Å². The van der Waals surface area contributed by atoms with Gasteiger partial charge in [0.15, 0.2) is 4.34 Å². The Balaban J connectivity index is 0.00000180. The van der Waals surface area contributed by atoms with Crippen molar-refractivity contribution in [3.63, 3.8) is 0 Å². The molecule has 0 fully saturated rings. The smallest absolute Gasteiger partial charge is 0.337 e. The Kier molecular flexibility index (Phi) is 6.26. The van der Waals surface area contributed by atoms with Crippen LogP contribution >= 0.6 is 40.1 Å². The van der Waals surface area contributed by atoms with Crippen LogP contribution in [0.15, 0.2) is 28.6 Å². The molecule has 0 amide bonds. The van der Waals surface area contributed by atoms with Crippen LogP contribution in [0.5, 0.6) is 0 Å². The zero-order valence-corrected chi connectivity index (χ0v) is 13.4. The molecule has 0 aliphatic rings. The molecule has 0 aliphatic carbocycles. The second-order valence-electron chi connectivity index (χ2n) is 3.38. The van der Waals surface area contributed by atoms with Crippen LogP contribution in [0.3, 0.4) is 0 Å². The summed E-state index contributed by atoms with van der Waals surface area (Å²) in [6, 6.07) is 7.28. The number of nitrogens with zero attached hydrogens (tertiary/aromatic N) is 2. The molecule has 1 aromatic carbocycles. The van der Waals surface area contributed by atoms with E-state index in [0.717, 1.165) is 15.7 Å². The van der Waals surface area contributed by atoms with Gasteiger partial charge in [0, 0.05) is 5.75 Å². The fourth-order valence-electron chi connectivity index (χ4n) is 1.28. The van der Waals surface area contributed by atoms with E-state index in [-0.39, 0.29) is 23.0 Å². The summed E-state index contributed by atoms with van der Waals surface area (Å²) < 4.78 is 5.47. The molecular formula is C11H12BrN3O2S2. The third-order valence-corrected chi connectivity index (χ3v) is 4.12. The predicted octanol–water partition coefficient (Wildman–Crippen LogP) is 2.78. The van der Waals surface area contributed by atoms with Crippen LogP contribution in [-0.4, -0.2) is 23.3 Å². The summed E-state index contributed by atoms with van der Waals surface area (Å²) in [5, 5.41) is 8.13. The van der Waals surface area contributed by atoms with Gasteiger partial charge in [-0.1, -0.05) is 35.2 Å². The maximum Gasteiger partial charge on any atom is 0.337 e. The van der Waals surface area contributed by atoms with Gasteiger partial charge >= 0.3 is 5.97 Å². The highest BCUT2D eigenvalue weighted by Gasteiger charge is 2.06. The third kappa shape index (κ3) is 4.48. The lowest BCUT2D eigenvalue weighted by atomic mass is 10.1. The number of anilines is 1. The quantitative estimate of drug-likeness (QED) is 0.666. The van der Waals surface area contributed by atoms with Crippen molar-refractivity contribution in [2.45, 2.75) is 10.1 Å². The molecule has 0 aliphatic heterocycles. The monoisotopic (exact) mass is 361 g/mol. The SMILES string of the molecule is Br.COC(=O)c1ccc(CSc2nnc(N)s2)cc1. The average molecular weight is 362 g/mol. The minimum atomic E-state index is -0.328. The zero-order valence-electron chi connectivity index (χ0n) is 10.0. The van der Waals surface area contributed by atoms with E-state index < -0.39 is 0 Å². The number of carbonyl (C=O) groups excluding carboxylic acids is 1. The van der Waals surface area contributed by atoms with E-state index >= 15 is 0 Å². The summed E-state index contributed by atoms with van der Waals surface area (Å²) in [6.07, 6.45) is 0. The molecule has 0 radical (unpaired) electrons. The van der Waals surface area contributed by atoms with Gasteiger partial charge < -0.3 is 10.5 Å². The Morgan fingerprint density at radius 3 is 2.58 bits per heavy atom. The van der Waals surface area contributed by atoms with Crippen LogP contribution in [0.2, 0.25) is 0 Å². The van der Waals surface area contributed by atoms with Crippen LogP contribution in [0, 0.1) is 0 Å². The lowest BCUT2D eigenvalue weighted by Gasteiger charge is -2.01. The molecule has 0 unspecified atom stereocenters. The molecule has 19 heavy (non-hydrogen) atoms. The molecule has 0 saturated heterocycles. The number of benzene rings is 1. The minimum absolute atomic E-state index is 0. The van der Waals surface area contributed by atoms with Crippen LogP contribution in [0.1, 0.15) is 15.9 Å². The molecule has 1 heterocycles. The molecule has 2 N–H and O–H groups in total. The highest BCUT2D eigenvalue weighted by molar-refractivity contribution is 8.93. The number of carbonyl (C=O) groups is 1. The minimum Gasteiger partial charge on any atom is -0.465 e. The summed E-state index contributed by atoms with van der Waals surface area (Å²) >= 11 is 2.93. The number of esters is 1. The van der Waals surface area contributed by atoms with Gasteiger partial charge in [-0.2, -0.15) is 0 Å². The molecule has 0 saturated carbocycles. The number of thioether (sulfide) groups is 1. The molecule has 5 nitrogen and oxygen atoms in total.